The van der Waals surface area contributed by atoms with Crippen molar-refractivity contribution in [2.24, 2.45) is 5.92 Å². The van der Waals surface area contributed by atoms with Gasteiger partial charge in [0.05, 0.1) is 6.26 Å². The number of carbonyl (C=O) groups excluding carboxylic acids is 2. The van der Waals surface area contributed by atoms with Crippen LogP contribution in [-0.4, -0.2) is 34.8 Å². The first-order valence-electron chi connectivity index (χ1n) is 7.23. The van der Waals surface area contributed by atoms with Gasteiger partial charge in [-0.25, -0.2) is 0 Å². The molecule has 3 rings (SSSR count). The average molecular weight is 303 g/mol. The highest BCUT2D eigenvalue weighted by Crippen LogP contribution is 2.19. The molecule has 7 heteroatoms. The molecular formula is C15H17N3O4. The van der Waals surface area contributed by atoms with Gasteiger partial charge in [-0.15, -0.1) is 0 Å². The van der Waals surface area contributed by atoms with Crippen LogP contribution >= 0.6 is 0 Å². The van der Waals surface area contributed by atoms with Gasteiger partial charge in [-0.2, -0.15) is 4.98 Å². The third kappa shape index (κ3) is 3.03. The molecule has 1 fully saturated rings. The van der Waals surface area contributed by atoms with Gasteiger partial charge in [0.2, 0.25) is 0 Å². The quantitative estimate of drug-likeness (QED) is 0.940. The minimum Gasteiger partial charge on any atom is -0.459 e. The van der Waals surface area contributed by atoms with Crippen LogP contribution in [0.1, 0.15) is 40.8 Å². The molecule has 0 aliphatic carbocycles. The number of piperidine rings is 1. The molecule has 116 valence electrons. The molecule has 2 amide bonds. The van der Waals surface area contributed by atoms with Gasteiger partial charge in [-0.1, -0.05) is 6.92 Å². The number of nitrogens with zero attached hydrogens (tertiary/aromatic N) is 2. The van der Waals surface area contributed by atoms with Crippen molar-refractivity contribution in [2.45, 2.75) is 19.8 Å². The first-order valence-corrected chi connectivity index (χ1v) is 7.23. The maximum Gasteiger partial charge on any atom is 0.302 e. The molecule has 2 aromatic heterocycles. The number of hydrogen-bond donors (Lipinski definition) is 1. The van der Waals surface area contributed by atoms with Crippen molar-refractivity contribution in [2.75, 3.05) is 18.4 Å². The van der Waals surface area contributed by atoms with E-state index in [1.807, 2.05) is 0 Å². The fourth-order valence-electron chi connectivity index (χ4n) is 2.37. The Hall–Kier alpha value is -2.57. The molecule has 0 spiro atoms. The number of oxazole rings is 1. The van der Waals surface area contributed by atoms with Crippen molar-refractivity contribution in [3.05, 3.63) is 36.1 Å². The Bertz CT molecular complexity index is 654. The molecule has 0 atom stereocenters. The summed E-state index contributed by atoms with van der Waals surface area (Å²) in [5, 5.41) is 2.45. The van der Waals surface area contributed by atoms with Crippen molar-refractivity contribution >= 4 is 17.8 Å². The summed E-state index contributed by atoms with van der Waals surface area (Å²) in [4.78, 5) is 29.9. The topological polar surface area (TPSA) is 88.6 Å². The number of rotatable bonds is 3. The molecule has 22 heavy (non-hydrogen) atoms. The Kier molecular flexibility index (Phi) is 3.95. The van der Waals surface area contributed by atoms with Gasteiger partial charge in [0.15, 0.2) is 11.5 Å². The second kappa shape index (κ2) is 6.05. The van der Waals surface area contributed by atoms with E-state index in [0.717, 1.165) is 25.9 Å². The van der Waals surface area contributed by atoms with E-state index in [9.17, 15) is 9.59 Å². The minimum atomic E-state index is -0.474. The number of aromatic nitrogens is 1. The SMILES string of the molecule is CC1CCN(C(=O)c2coc(NC(=O)c3ccco3)n2)CC1. The summed E-state index contributed by atoms with van der Waals surface area (Å²) in [5.41, 5.74) is 0.198. The summed E-state index contributed by atoms with van der Waals surface area (Å²) in [7, 11) is 0. The van der Waals surface area contributed by atoms with Crippen molar-refractivity contribution in [3.8, 4) is 0 Å². The lowest BCUT2D eigenvalue weighted by atomic mass is 9.99. The number of nitrogens with one attached hydrogen (secondary N) is 1. The number of carbonyl (C=O) groups is 2. The fraction of sp³-hybridized carbons (Fsp3) is 0.400. The van der Waals surface area contributed by atoms with Crippen LogP contribution in [0, 0.1) is 5.92 Å². The molecule has 0 bridgehead atoms. The van der Waals surface area contributed by atoms with Crippen LogP contribution in [0.5, 0.6) is 0 Å². The predicted molar refractivity (Wildman–Crippen MR) is 77.5 cm³/mol. The molecule has 0 radical (unpaired) electrons. The second-order valence-corrected chi connectivity index (χ2v) is 5.44. The van der Waals surface area contributed by atoms with Gasteiger partial charge in [-0.05, 0) is 30.9 Å². The smallest absolute Gasteiger partial charge is 0.302 e. The van der Waals surface area contributed by atoms with Gasteiger partial charge in [-0.3, -0.25) is 14.9 Å². The number of hydrogen-bond acceptors (Lipinski definition) is 5. The van der Waals surface area contributed by atoms with E-state index in [2.05, 4.69) is 17.2 Å². The minimum absolute atomic E-state index is 0.0184. The zero-order valence-corrected chi connectivity index (χ0v) is 12.2. The Morgan fingerprint density at radius 3 is 2.77 bits per heavy atom. The van der Waals surface area contributed by atoms with Gasteiger partial charge >= 0.3 is 6.01 Å². The van der Waals surface area contributed by atoms with Crippen molar-refractivity contribution in [1.82, 2.24) is 9.88 Å². The molecule has 1 saturated heterocycles. The first-order chi connectivity index (χ1) is 10.6. The number of amides is 2. The lowest BCUT2D eigenvalue weighted by Crippen LogP contribution is -2.38. The normalized spacial score (nSPS) is 15.8. The van der Waals surface area contributed by atoms with E-state index in [1.165, 1.54) is 18.6 Å². The van der Waals surface area contributed by atoms with Gasteiger partial charge < -0.3 is 13.7 Å². The second-order valence-electron chi connectivity index (χ2n) is 5.44. The molecule has 0 saturated carbocycles. The summed E-state index contributed by atoms with van der Waals surface area (Å²) < 4.78 is 10.1. The van der Waals surface area contributed by atoms with Crippen LogP contribution in [-0.2, 0) is 0 Å². The van der Waals surface area contributed by atoms with Crippen LogP contribution in [0.25, 0.3) is 0 Å². The largest absolute Gasteiger partial charge is 0.459 e. The molecular weight excluding hydrogens is 286 g/mol. The Morgan fingerprint density at radius 1 is 1.32 bits per heavy atom. The highest BCUT2D eigenvalue weighted by Gasteiger charge is 2.24. The third-order valence-electron chi connectivity index (χ3n) is 3.76. The van der Waals surface area contributed by atoms with Crippen molar-refractivity contribution < 1.29 is 18.4 Å². The Labute approximate surface area is 127 Å². The summed E-state index contributed by atoms with van der Waals surface area (Å²) in [5.74, 6) is 0.146. The average Bonchev–Trinajstić information content (AvgIpc) is 3.19. The number of furan rings is 1. The molecule has 1 aliphatic rings. The van der Waals surface area contributed by atoms with Crippen LogP contribution < -0.4 is 5.32 Å². The van der Waals surface area contributed by atoms with Gasteiger partial charge in [0, 0.05) is 13.1 Å². The molecule has 1 aliphatic heterocycles. The van der Waals surface area contributed by atoms with Crippen molar-refractivity contribution in [3.63, 3.8) is 0 Å². The van der Waals surface area contributed by atoms with Crippen molar-refractivity contribution in [1.29, 1.82) is 0 Å². The molecule has 7 nitrogen and oxygen atoms in total. The summed E-state index contributed by atoms with van der Waals surface area (Å²) in [6, 6.07) is 3.12. The number of likely N-dealkylation sites (tertiary alicyclic amines) is 1. The van der Waals surface area contributed by atoms with Crippen LogP contribution in [0.2, 0.25) is 0 Å². The predicted octanol–water partition coefficient (Wildman–Crippen LogP) is 2.39. The van der Waals surface area contributed by atoms with E-state index < -0.39 is 5.91 Å². The fourth-order valence-corrected chi connectivity index (χ4v) is 2.37. The summed E-state index contributed by atoms with van der Waals surface area (Å²) in [6.45, 7) is 3.63. The maximum atomic E-state index is 12.3. The lowest BCUT2D eigenvalue weighted by molar-refractivity contribution is 0.0691. The molecule has 3 heterocycles. The van der Waals surface area contributed by atoms with E-state index in [1.54, 1.807) is 11.0 Å². The summed E-state index contributed by atoms with van der Waals surface area (Å²) in [6.07, 6.45) is 4.65. The highest BCUT2D eigenvalue weighted by molar-refractivity contribution is 6.01. The molecule has 0 aromatic carbocycles. The number of anilines is 1. The zero-order valence-electron chi connectivity index (χ0n) is 12.2. The van der Waals surface area contributed by atoms with Gasteiger partial charge in [0.1, 0.15) is 6.26 Å². The summed E-state index contributed by atoms with van der Waals surface area (Å²) >= 11 is 0. The van der Waals surface area contributed by atoms with Crippen LogP contribution in [0.3, 0.4) is 0 Å². The Balaban J connectivity index is 1.63. The molecule has 2 aromatic rings. The van der Waals surface area contributed by atoms with Gasteiger partial charge in [0.25, 0.3) is 11.8 Å². The molecule has 0 unspecified atom stereocenters. The first kappa shape index (κ1) is 14.4. The standard InChI is InChI=1S/C15H17N3O4/c1-10-4-6-18(7-5-10)14(20)11-9-22-15(16-11)17-13(19)12-3-2-8-21-12/h2-3,8-10H,4-7H2,1H3,(H,16,17,19). The maximum absolute atomic E-state index is 12.3. The zero-order chi connectivity index (χ0) is 15.5. The van der Waals surface area contributed by atoms with Crippen LogP contribution in [0.4, 0.5) is 6.01 Å². The van der Waals surface area contributed by atoms with E-state index in [0.29, 0.717) is 5.92 Å². The monoisotopic (exact) mass is 303 g/mol. The third-order valence-corrected chi connectivity index (χ3v) is 3.76. The van der Waals surface area contributed by atoms with E-state index >= 15 is 0 Å². The van der Waals surface area contributed by atoms with E-state index in [4.69, 9.17) is 8.83 Å². The highest BCUT2D eigenvalue weighted by atomic mass is 16.4. The Morgan fingerprint density at radius 2 is 2.09 bits per heavy atom. The lowest BCUT2D eigenvalue weighted by Gasteiger charge is -2.29. The van der Waals surface area contributed by atoms with Crippen LogP contribution in [0.15, 0.2) is 33.5 Å². The molecule has 1 N–H and O–H groups in total. The van der Waals surface area contributed by atoms with E-state index in [-0.39, 0.29) is 23.4 Å².